The maximum Gasteiger partial charge on any atom is 0.223 e. The van der Waals surface area contributed by atoms with E-state index in [1.165, 1.54) is 0 Å². The molecule has 0 atom stereocenters. The fourth-order valence-corrected chi connectivity index (χ4v) is 2.49. The van der Waals surface area contributed by atoms with Crippen molar-refractivity contribution in [3.8, 4) is 0 Å². The van der Waals surface area contributed by atoms with E-state index in [4.69, 9.17) is 0 Å². The number of imidazole rings is 1. The molecule has 6 heteroatoms. The summed E-state index contributed by atoms with van der Waals surface area (Å²) < 4.78 is 0. The minimum absolute atomic E-state index is 0. The van der Waals surface area contributed by atoms with E-state index in [-0.39, 0.29) is 24.2 Å². The molecule has 0 spiro atoms. The second kappa shape index (κ2) is 6.72. The summed E-state index contributed by atoms with van der Waals surface area (Å²) in [6.07, 6.45) is 1.85. The standard InChI is InChI=1S/C14H18N4O.ClH/c19-14(10-5-7-15-8-6-10)16-9-13-17-11-3-1-2-4-12(11)18-13;/h1-4,10,15H,5-9H2,(H,16,19)(H,17,18);1H. The highest BCUT2D eigenvalue weighted by Crippen LogP contribution is 2.13. The highest BCUT2D eigenvalue weighted by Gasteiger charge is 2.20. The highest BCUT2D eigenvalue weighted by atomic mass is 35.5. The molecule has 3 rings (SSSR count). The van der Waals surface area contributed by atoms with Gasteiger partial charge in [-0.05, 0) is 38.1 Å². The van der Waals surface area contributed by atoms with Crippen LogP contribution in [0, 0.1) is 5.92 Å². The van der Waals surface area contributed by atoms with E-state index in [1.807, 2.05) is 24.3 Å². The topological polar surface area (TPSA) is 69.8 Å². The number of aromatic amines is 1. The molecule has 1 aliphatic rings. The van der Waals surface area contributed by atoms with E-state index in [0.29, 0.717) is 6.54 Å². The zero-order valence-corrected chi connectivity index (χ0v) is 12.0. The van der Waals surface area contributed by atoms with E-state index < -0.39 is 0 Å². The number of fused-ring (bicyclic) bond motifs is 1. The quantitative estimate of drug-likeness (QED) is 0.805. The van der Waals surface area contributed by atoms with Gasteiger partial charge in [0.25, 0.3) is 0 Å². The molecule has 0 bridgehead atoms. The molecule has 5 nitrogen and oxygen atoms in total. The number of para-hydroxylation sites is 2. The third kappa shape index (κ3) is 3.29. The number of halogens is 1. The van der Waals surface area contributed by atoms with E-state index in [1.54, 1.807) is 0 Å². The summed E-state index contributed by atoms with van der Waals surface area (Å²) in [5.41, 5.74) is 1.95. The number of carbonyl (C=O) groups excluding carboxylic acids is 1. The van der Waals surface area contributed by atoms with Crippen molar-refractivity contribution in [1.82, 2.24) is 20.6 Å². The fourth-order valence-electron chi connectivity index (χ4n) is 2.49. The van der Waals surface area contributed by atoms with Crippen molar-refractivity contribution in [2.75, 3.05) is 13.1 Å². The van der Waals surface area contributed by atoms with Crippen LogP contribution in [0.1, 0.15) is 18.7 Å². The largest absolute Gasteiger partial charge is 0.349 e. The van der Waals surface area contributed by atoms with Crippen LogP contribution in [0.4, 0.5) is 0 Å². The maximum absolute atomic E-state index is 12.0. The van der Waals surface area contributed by atoms with Gasteiger partial charge in [0, 0.05) is 5.92 Å². The van der Waals surface area contributed by atoms with Gasteiger partial charge in [-0.2, -0.15) is 0 Å². The predicted octanol–water partition coefficient (Wildman–Crippen LogP) is 1.60. The summed E-state index contributed by atoms with van der Waals surface area (Å²) >= 11 is 0. The number of carbonyl (C=O) groups is 1. The molecular weight excluding hydrogens is 276 g/mol. The molecular formula is C14H19ClN4O. The van der Waals surface area contributed by atoms with Gasteiger partial charge in [0.05, 0.1) is 17.6 Å². The first-order valence-electron chi connectivity index (χ1n) is 6.75. The molecule has 1 amide bonds. The second-order valence-electron chi connectivity index (χ2n) is 4.94. The van der Waals surface area contributed by atoms with E-state index in [9.17, 15) is 4.79 Å². The lowest BCUT2D eigenvalue weighted by Gasteiger charge is -2.21. The van der Waals surface area contributed by atoms with Gasteiger partial charge in [-0.15, -0.1) is 12.4 Å². The number of piperidine rings is 1. The molecule has 1 fully saturated rings. The number of aromatic nitrogens is 2. The number of amides is 1. The summed E-state index contributed by atoms with van der Waals surface area (Å²) in [4.78, 5) is 19.7. The predicted molar refractivity (Wildman–Crippen MR) is 80.8 cm³/mol. The van der Waals surface area contributed by atoms with Crippen LogP contribution in [0.5, 0.6) is 0 Å². The lowest BCUT2D eigenvalue weighted by atomic mass is 9.97. The molecule has 1 aromatic carbocycles. The van der Waals surface area contributed by atoms with Crippen molar-refractivity contribution in [3.05, 3.63) is 30.1 Å². The Labute approximate surface area is 124 Å². The first-order chi connectivity index (χ1) is 9.33. The van der Waals surface area contributed by atoms with Crippen molar-refractivity contribution in [2.45, 2.75) is 19.4 Å². The van der Waals surface area contributed by atoms with E-state index in [0.717, 1.165) is 42.8 Å². The Morgan fingerprint density at radius 1 is 1.30 bits per heavy atom. The van der Waals surface area contributed by atoms with Crippen LogP contribution in [0.25, 0.3) is 11.0 Å². The zero-order chi connectivity index (χ0) is 13.1. The van der Waals surface area contributed by atoms with Crippen LogP contribution in [0.3, 0.4) is 0 Å². The van der Waals surface area contributed by atoms with Gasteiger partial charge in [-0.25, -0.2) is 4.98 Å². The average Bonchev–Trinajstić information content (AvgIpc) is 2.88. The van der Waals surface area contributed by atoms with Gasteiger partial charge in [-0.1, -0.05) is 12.1 Å². The molecule has 0 aliphatic carbocycles. The number of nitrogens with one attached hydrogen (secondary N) is 3. The van der Waals surface area contributed by atoms with Crippen LogP contribution < -0.4 is 10.6 Å². The van der Waals surface area contributed by atoms with Crippen molar-refractivity contribution in [2.24, 2.45) is 5.92 Å². The first-order valence-corrected chi connectivity index (χ1v) is 6.75. The van der Waals surface area contributed by atoms with Crippen LogP contribution in [0.2, 0.25) is 0 Å². The molecule has 0 radical (unpaired) electrons. The highest BCUT2D eigenvalue weighted by molar-refractivity contribution is 5.85. The monoisotopic (exact) mass is 294 g/mol. The Balaban J connectivity index is 0.00000147. The van der Waals surface area contributed by atoms with E-state index in [2.05, 4.69) is 20.6 Å². The third-order valence-corrected chi connectivity index (χ3v) is 3.58. The third-order valence-electron chi connectivity index (χ3n) is 3.58. The van der Waals surface area contributed by atoms with Gasteiger partial charge in [-0.3, -0.25) is 4.79 Å². The lowest BCUT2D eigenvalue weighted by Crippen LogP contribution is -2.38. The molecule has 1 aliphatic heterocycles. The van der Waals surface area contributed by atoms with Crippen LogP contribution in [-0.2, 0) is 11.3 Å². The summed E-state index contributed by atoms with van der Waals surface area (Å²) in [6.45, 7) is 2.34. The van der Waals surface area contributed by atoms with Crippen molar-refractivity contribution >= 4 is 29.3 Å². The van der Waals surface area contributed by atoms with Gasteiger partial charge in [0.15, 0.2) is 0 Å². The van der Waals surface area contributed by atoms with Crippen LogP contribution >= 0.6 is 12.4 Å². The number of hydrogen-bond acceptors (Lipinski definition) is 3. The summed E-state index contributed by atoms with van der Waals surface area (Å²) in [5, 5.41) is 6.23. The number of hydrogen-bond donors (Lipinski definition) is 3. The average molecular weight is 295 g/mol. The van der Waals surface area contributed by atoms with E-state index >= 15 is 0 Å². The maximum atomic E-state index is 12.0. The molecule has 0 unspecified atom stereocenters. The molecule has 20 heavy (non-hydrogen) atoms. The number of nitrogens with zero attached hydrogens (tertiary/aromatic N) is 1. The normalized spacial score (nSPS) is 15.8. The summed E-state index contributed by atoms with van der Waals surface area (Å²) in [6, 6.07) is 7.88. The molecule has 108 valence electrons. The van der Waals surface area contributed by atoms with Crippen LogP contribution in [-0.4, -0.2) is 29.0 Å². The minimum atomic E-state index is 0. The minimum Gasteiger partial charge on any atom is -0.349 e. The molecule has 1 saturated heterocycles. The lowest BCUT2D eigenvalue weighted by molar-refractivity contribution is -0.125. The Morgan fingerprint density at radius 3 is 2.80 bits per heavy atom. The van der Waals surface area contributed by atoms with Gasteiger partial charge in [0.1, 0.15) is 5.82 Å². The summed E-state index contributed by atoms with van der Waals surface area (Å²) in [5.74, 6) is 1.09. The number of benzene rings is 1. The van der Waals surface area contributed by atoms with Crippen LogP contribution in [0.15, 0.2) is 24.3 Å². The molecule has 1 aromatic heterocycles. The zero-order valence-electron chi connectivity index (χ0n) is 11.2. The Morgan fingerprint density at radius 2 is 2.05 bits per heavy atom. The number of H-pyrrole nitrogens is 1. The smallest absolute Gasteiger partial charge is 0.223 e. The molecule has 2 heterocycles. The molecule has 0 saturated carbocycles. The Bertz CT molecular complexity index is 544. The summed E-state index contributed by atoms with van der Waals surface area (Å²) in [7, 11) is 0. The van der Waals surface area contributed by atoms with Crippen molar-refractivity contribution in [3.63, 3.8) is 0 Å². The number of rotatable bonds is 3. The second-order valence-corrected chi connectivity index (χ2v) is 4.94. The SMILES string of the molecule is Cl.O=C(NCc1nc2ccccc2[nH]1)C1CCNCC1. The van der Waals surface area contributed by atoms with Gasteiger partial charge in [0.2, 0.25) is 5.91 Å². The van der Waals surface area contributed by atoms with Crippen molar-refractivity contribution < 1.29 is 4.79 Å². The Kier molecular flexibility index (Phi) is 4.98. The molecule has 2 aromatic rings. The van der Waals surface area contributed by atoms with Gasteiger partial charge >= 0.3 is 0 Å². The van der Waals surface area contributed by atoms with Gasteiger partial charge < -0.3 is 15.6 Å². The van der Waals surface area contributed by atoms with Crippen molar-refractivity contribution in [1.29, 1.82) is 0 Å². The fraction of sp³-hybridized carbons (Fsp3) is 0.429. The molecule has 3 N–H and O–H groups in total. The first kappa shape index (κ1) is 14.8. The Hall–Kier alpha value is -1.59.